The van der Waals surface area contributed by atoms with Gasteiger partial charge < -0.3 is 14.2 Å². The summed E-state index contributed by atoms with van der Waals surface area (Å²) < 4.78 is 13.0. The zero-order valence-corrected chi connectivity index (χ0v) is 13.0. The molecule has 0 spiro atoms. The number of nitrogens with zero attached hydrogens (tertiary/aromatic N) is 5. The maximum Gasteiger partial charge on any atom is 0.259 e. The van der Waals surface area contributed by atoms with Crippen LogP contribution in [-0.4, -0.2) is 50.2 Å². The molecule has 2 aliphatic heterocycles. The molecular formula is C15H19N5O3. The second-order valence-electron chi connectivity index (χ2n) is 6.04. The van der Waals surface area contributed by atoms with Gasteiger partial charge in [0.1, 0.15) is 11.3 Å². The average molecular weight is 317 g/mol. The lowest BCUT2D eigenvalue weighted by Gasteiger charge is -2.40. The predicted octanol–water partition coefficient (Wildman–Crippen LogP) is 1.20. The van der Waals surface area contributed by atoms with E-state index in [-0.39, 0.29) is 18.1 Å². The van der Waals surface area contributed by atoms with Crippen LogP contribution < -0.4 is 0 Å². The second kappa shape index (κ2) is 5.77. The monoisotopic (exact) mass is 317 g/mol. The van der Waals surface area contributed by atoms with Crippen LogP contribution in [0.3, 0.4) is 0 Å². The number of carbonyl (C=O) groups is 1. The highest BCUT2D eigenvalue weighted by Crippen LogP contribution is 2.30. The van der Waals surface area contributed by atoms with Gasteiger partial charge in [0.2, 0.25) is 0 Å². The quantitative estimate of drug-likeness (QED) is 0.845. The van der Waals surface area contributed by atoms with E-state index in [2.05, 4.69) is 15.5 Å². The third kappa shape index (κ3) is 2.42. The van der Waals surface area contributed by atoms with Crippen LogP contribution in [-0.2, 0) is 17.8 Å². The first-order chi connectivity index (χ1) is 11.3. The highest BCUT2D eigenvalue weighted by Gasteiger charge is 2.38. The topological polar surface area (TPSA) is 86.3 Å². The summed E-state index contributed by atoms with van der Waals surface area (Å²) in [7, 11) is 0. The van der Waals surface area contributed by atoms with E-state index in [9.17, 15) is 4.79 Å². The summed E-state index contributed by atoms with van der Waals surface area (Å²) in [5.74, 6) is 0.640. The Bertz CT molecular complexity index is 710. The maximum absolute atomic E-state index is 12.8. The SMILES string of the molecule is CCCc1oncc1C(=O)N1CC[C@H]2OCc3cnnn3[C@@H]2C1. The van der Waals surface area contributed by atoms with Crippen LogP contribution in [0.1, 0.15) is 47.6 Å². The van der Waals surface area contributed by atoms with Gasteiger partial charge in [-0.3, -0.25) is 4.79 Å². The summed E-state index contributed by atoms with van der Waals surface area (Å²) in [6.45, 7) is 3.82. The van der Waals surface area contributed by atoms with Gasteiger partial charge in [0.05, 0.1) is 36.8 Å². The number of aromatic nitrogens is 4. The number of carbonyl (C=O) groups excluding carboxylic acids is 1. The Labute approximate surface area is 133 Å². The molecule has 0 N–H and O–H groups in total. The lowest BCUT2D eigenvalue weighted by atomic mass is 9.99. The fraction of sp³-hybridized carbons (Fsp3) is 0.600. The van der Waals surface area contributed by atoms with E-state index < -0.39 is 0 Å². The Kier molecular flexibility index (Phi) is 3.60. The molecule has 122 valence electrons. The summed E-state index contributed by atoms with van der Waals surface area (Å²) in [6.07, 6.45) is 5.76. The number of ether oxygens (including phenoxy) is 1. The van der Waals surface area contributed by atoms with Crippen molar-refractivity contribution >= 4 is 5.91 Å². The van der Waals surface area contributed by atoms with Crippen LogP contribution in [0, 0.1) is 0 Å². The Hall–Kier alpha value is -2.22. The molecule has 4 heterocycles. The number of hydrogen-bond donors (Lipinski definition) is 0. The van der Waals surface area contributed by atoms with E-state index in [1.165, 1.54) is 6.20 Å². The first-order valence-electron chi connectivity index (χ1n) is 8.01. The number of piperidine rings is 1. The number of fused-ring (bicyclic) bond motifs is 3. The number of aryl methyl sites for hydroxylation is 1. The Morgan fingerprint density at radius 3 is 3.22 bits per heavy atom. The minimum Gasteiger partial charge on any atom is -0.370 e. The van der Waals surface area contributed by atoms with E-state index in [1.54, 1.807) is 6.20 Å². The number of hydrogen-bond acceptors (Lipinski definition) is 6. The highest BCUT2D eigenvalue weighted by molar-refractivity contribution is 5.95. The molecule has 0 aliphatic carbocycles. The lowest BCUT2D eigenvalue weighted by Crippen LogP contribution is -2.50. The third-order valence-corrected chi connectivity index (χ3v) is 4.57. The van der Waals surface area contributed by atoms with Gasteiger partial charge in [-0.25, -0.2) is 4.68 Å². The molecule has 8 heteroatoms. The summed E-state index contributed by atoms with van der Waals surface area (Å²) in [5.41, 5.74) is 1.53. The average Bonchev–Trinajstić information content (AvgIpc) is 3.23. The van der Waals surface area contributed by atoms with E-state index >= 15 is 0 Å². The molecule has 23 heavy (non-hydrogen) atoms. The van der Waals surface area contributed by atoms with Crippen LogP contribution in [0.4, 0.5) is 0 Å². The van der Waals surface area contributed by atoms with Crippen molar-refractivity contribution in [3.05, 3.63) is 29.4 Å². The Balaban J connectivity index is 1.55. The van der Waals surface area contributed by atoms with Gasteiger partial charge >= 0.3 is 0 Å². The van der Waals surface area contributed by atoms with E-state index in [0.29, 0.717) is 31.0 Å². The van der Waals surface area contributed by atoms with Gasteiger partial charge in [0.25, 0.3) is 5.91 Å². The van der Waals surface area contributed by atoms with Crippen molar-refractivity contribution in [3.8, 4) is 0 Å². The zero-order chi connectivity index (χ0) is 15.8. The van der Waals surface area contributed by atoms with E-state index in [1.807, 2.05) is 16.5 Å². The fourth-order valence-corrected chi connectivity index (χ4v) is 3.38. The van der Waals surface area contributed by atoms with Gasteiger partial charge in [-0.2, -0.15) is 0 Å². The normalized spacial score (nSPS) is 23.4. The molecule has 2 aliphatic rings. The molecular weight excluding hydrogens is 298 g/mol. The maximum atomic E-state index is 12.8. The van der Waals surface area contributed by atoms with Crippen LogP contribution in [0.25, 0.3) is 0 Å². The fourth-order valence-electron chi connectivity index (χ4n) is 3.38. The zero-order valence-electron chi connectivity index (χ0n) is 13.0. The van der Waals surface area contributed by atoms with Crippen molar-refractivity contribution < 1.29 is 14.1 Å². The van der Waals surface area contributed by atoms with Gasteiger partial charge in [0.15, 0.2) is 0 Å². The van der Waals surface area contributed by atoms with Crippen LogP contribution in [0.15, 0.2) is 16.9 Å². The minimum atomic E-state index is -0.0274. The number of rotatable bonds is 3. The molecule has 2 atom stereocenters. The molecule has 8 nitrogen and oxygen atoms in total. The van der Waals surface area contributed by atoms with Gasteiger partial charge in [-0.05, 0) is 12.8 Å². The van der Waals surface area contributed by atoms with Crippen LogP contribution >= 0.6 is 0 Å². The molecule has 0 saturated carbocycles. The molecule has 0 radical (unpaired) electrons. The van der Waals surface area contributed by atoms with Gasteiger partial charge in [-0.15, -0.1) is 5.10 Å². The molecule has 4 rings (SSSR count). The van der Waals surface area contributed by atoms with Crippen molar-refractivity contribution in [1.29, 1.82) is 0 Å². The molecule has 1 saturated heterocycles. The molecule has 0 aromatic carbocycles. The predicted molar refractivity (Wildman–Crippen MR) is 78.7 cm³/mol. The summed E-state index contributed by atoms with van der Waals surface area (Å²) in [4.78, 5) is 14.7. The summed E-state index contributed by atoms with van der Waals surface area (Å²) >= 11 is 0. The Morgan fingerprint density at radius 2 is 2.35 bits per heavy atom. The van der Waals surface area contributed by atoms with E-state index in [0.717, 1.165) is 25.0 Å². The number of likely N-dealkylation sites (tertiary alicyclic amines) is 1. The highest BCUT2D eigenvalue weighted by atomic mass is 16.5. The molecule has 1 amide bonds. The molecule has 2 aromatic heterocycles. The van der Waals surface area contributed by atoms with Gasteiger partial charge in [-0.1, -0.05) is 17.3 Å². The largest absolute Gasteiger partial charge is 0.370 e. The second-order valence-corrected chi connectivity index (χ2v) is 6.04. The van der Waals surface area contributed by atoms with Crippen molar-refractivity contribution in [2.24, 2.45) is 0 Å². The van der Waals surface area contributed by atoms with Crippen molar-refractivity contribution in [3.63, 3.8) is 0 Å². The minimum absolute atomic E-state index is 0.0217. The van der Waals surface area contributed by atoms with Crippen molar-refractivity contribution in [1.82, 2.24) is 25.1 Å². The van der Waals surface area contributed by atoms with Crippen molar-refractivity contribution in [2.75, 3.05) is 13.1 Å². The van der Waals surface area contributed by atoms with Gasteiger partial charge in [0, 0.05) is 19.5 Å². The molecule has 1 fully saturated rings. The molecule has 2 aromatic rings. The van der Waals surface area contributed by atoms with Crippen molar-refractivity contribution in [2.45, 2.75) is 44.9 Å². The van der Waals surface area contributed by atoms with Crippen LogP contribution in [0.5, 0.6) is 0 Å². The standard InChI is InChI=1S/C15H19N5O3/c1-2-3-13-11(7-17-23-13)15(21)19-5-4-14-12(8-19)20-10(9-22-14)6-16-18-20/h6-7,12,14H,2-5,8-9H2,1H3/t12-,14-/m1/s1. The third-order valence-electron chi connectivity index (χ3n) is 4.57. The number of amides is 1. The molecule has 0 bridgehead atoms. The first kappa shape index (κ1) is 14.4. The van der Waals surface area contributed by atoms with E-state index in [4.69, 9.17) is 9.26 Å². The van der Waals surface area contributed by atoms with Crippen LogP contribution in [0.2, 0.25) is 0 Å². The smallest absolute Gasteiger partial charge is 0.259 e. The lowest BCUT2D eigenvalue weighted by molar-refractivity contribution is -0.0605. The summed E-state index contributed by atoms with van der Waals surface area (Å²) in [5, 5.41) is 11.9. The Morgan fingerprint density at radius 1 is 1.43 bits per heavy atom. The first-order valence-corrected chi connectivity index (χ1v) is 8.01. The molecule has 0 unspecified atom stereocenters. The summed E-state index contributed by atoms with van der Waals surface area (Å²) in [6, 6.07) is 0.0217.